The Labute approximate surface area is 141 Å². The van der Waals surface area contributed by atoms with Gasteiger partial charge in [0.25, 0.3) is 5.56 Å². The van der Waals surface area contributed by atoms with E-state index in [2.05, 4.69) is 15.1 Å². The van der Waals surface area contributed by atoms with Crippen LogP contribution in [0.1, 0.15) is 5.56 Å². The standard InChI is InChI=1S/C18H14N4O3/c1-25-12-6-7-15(23)11(8-12)9-20-22-10-19-16-13-4-2-3-5-14(13)21-17(16)18(22)24/h2-10,21,23H,1H3/b20-9+. The van der Waals surface area contributed by atoms with Crippen LogP contribution in [0.2, 0.25) is 0 Å². The van der Waals surface area contributed by atoms with Crippen molar-refractivity contribution in [1.82, 2.24) is 14.6 Å². The van der Waals surface area contributed by atoms with Crippen LogP contribution in [0.4, 0.5) is 0 Å². The highest BCUT2D eigenvalue weighted by molar-refractivity contribution is 6.04. The van der Waals surface area contributed by atoms with Crippen LogP contribution >= 0.6 is 0 Å². The first-order valence-electron chi connectivity index (χ1n) is 7.57. The van der Waals surface area contributed by atoms with Gasteiger partial charge in [-0.25, -0.2) is 4.98 Å². The number of aromatic amines is 1. The highest BCUT2D eigenvalue weighted by Gasteiger charge is 2.10. The third-order valence-corrected chi connectivity index (χ3v) is 3.95. The van der Waals surface area contributed by atoms with Crippen molar-refractivity contribution in [1.29, 1.82) is 0 Å². The van der Waals surface area contributed by atoms with Gasteiger partial charge in [-0.3, -0.25) is 4.79 Å². The smallest absolute Gasteiger partial charge is 0.298 e. The van der Waals surface area contributed by atoms with Crippen molar-refractivity contribution in [3.8, 4) is 11.5 Å². The van der Waals surface area contributed by atoms with Crippen LogP contribution in [0, 0.1) is 0 Å². The van der Waals surface area contributed by atoms with Gasteiger partial charge in [-0.15, -0.1) is 0 Å². The average molecular weight is 334 g/mol. The average Bonchev–Trinajstić information content (AvgIpc) is 3.02. The molecule has 124 valence electrons. The van der Waals surface area contributed by atoms with Crippen LogP contribution in [-0.4, -0.2) is 33.1 Å². The summed E-state index contributed by atoms with van der Waals surface area (Å²) < 4.78 is 6.24. The molecule has 2 heterocycles. The summed E-state index contributed by atoms with van der Waals surface area (Å²) in [6.45, 7) is 0. The molecule has 0 unspecified atom stereocenters. The predicted molar refractivity (Wildman–Crippen MR) is 95.5 cm³/mol. The van der Waals surface area contributed by atoms with Crippen molar-refractivity contribution in [3.05, 3.63) is 64.7 Å². The summed E-state index contributed by atoms with van der Waals surface area (Å²) in [7, 11) is 1.53. The number of phenols is 1. The minimum atomic E-state index is -0.320. The Kier molecular flexibility index (Phi) is 3.46. The number of aromatic hydroxyl groups is 1. The molecule has 2 N–H and O–H groups in total. The minimum Gasteiger partial charge on any atom is -0.507 e. The zero-order chi connectivity index (χ0) is 17.4. The van der Waals surface area contributed by atoms with Gasteiger partial charge in [-0.1, -0.05) is 18.2 Å². The molecule has 7 heteroatoms. The third kappa shape index (κ3) is 2.51. The van der Waals surface area contributed by atoms with Gasteiger partial charge in [0, 0.05) is 16.5 Å². The quantitative estimate of drug-likeness (QED) is 0.563. The number of methoxy groups -OCH3 is 1. The van der Waals surface area contributed by atoms with Crippen LogP contribution in [0.25, 0.3) is 21.9 Å². The number of aromatic nitrogens is 3. The summed E-state index contributed by atoms with van der Waals surface area (Å²) in [4.78, 5) is 20.0. The van der Waals surface area contributed by atoms with Crippen molar-refractivity contribution in [2.75, 3.05) is 7.11 Å². The predicted octanol–water partition coefficient (Wildman–Crippen LogP) is 2.47. The molecule has 0 atom stereocenters. The molecule has 0 saturated heterocycles. The molecular formula is C18H14N4O3. The van der Waals surface area contributed by atoms with Crippen LogP contribution in [0.3, 0.4) is 0 Å². The minimum absolute atomic E-state index is 0.0391. The second-order valence-corrected chi connectivity index (χ2v) is 5.46. The van der Waals surface area contributed by atoms with Gasteiger partial charge >= 0.3 is 0 Å². The maximum atomic E-state index is 12.6. The second kappa shape index (κ2) is 5.79. The van der Waals surface area contributed by atoms with E-state index in [4.69, 9.17) is 4.74 Å². The Morgan fingerprint density at radius 1 is 1.28 bits per heavy atom. The molecule has 0 spiro atoms. The molecule has 0 bridgehead atoms. The lowest BCUT2D eigenvalue weighted by Crippen LogP contribution is -2.17. The second-order valence-electron chi connectivity index (χ2n) is 5.46. The van der Waals surface area contributed by atoms with Gasteiger partial charge in [0.1, 0.15) is 28.9 Å². The maximum absolute atomic E-state index is 12.6. The van der Waals surface area contributed by atoms with Crippen molar-refractivity contribution in [2.45, 2.75) is 0 Å². The molecule has 0 aliphatic heterocycles. The monoisotopic (exact) mass is 334 g/mol. The summed E-state index contributed by atoms with van der Waals surface area (Å²) in [5.74, 6) is 0.619. The molecule has 0 aliphatic rings. The number of hydrogen-bond acceptors (Lipinski definition) is 5. The fourth-order valence-electron chi connectivity index (χ4n) is 2.67. The SMILES string of the molecule is COc1ccc(O)c(/C=N/n2cnc3c([nH]c4ccccc43)c2=O)c1. The number of benzene rings is 2. The lowest BCUT2D eigenvalue weighted by molar-refractivity contribution is 0.412. The fraction of sp³-hybridized carbons (Fsp3) is 0.0556. The Hall–Kier alpha value is -3.61. The largest absolute Gasteiger partial charge is 0.507 e. The zero-order valence-electron chi connectivity index (χ0n) is 13.3. The summed E-state index contributed by atoms with van der Waals surface area (Å²) in [6, 6.07) is 12.3. The lowest BCUT2D eigenvalue weighted by Gasteiger charge is -2.03. The van der Waals surface area contributed by atoms with E-state index in [0.717, 1.165) is 15.6 Å². The molecular weight excluding hydrogens is 320 g/mol. The molecule has 0 amide bonds. The van der Waals surface area contributed by atoms with E-state index in [1.807, 2.05) is 24.3 Å². The number of nitrogens with zero attached hydrogens (tertiary/aromatic N) is 3. The van der Waals surface area contributed by atoms with Crippen LogP contribution in [0.5, 0.6) is 11.5 Å². The van der Waals surface area contributed by atoms with Crippen molar-refractivity contribution in [2.24, 2.45) is 5.10 Å². The molecule has 4 aromatic rings. The molecule has 0 aliphatic carbocycles. The number of rotatable bonds is 3. The van der Waals surface area contributed by atoms with E-state index in [-0.39, 0.29) is 11.3 Å². The van der Waals surface area contributed by atoms with Crippen molar-refractivity contribution >= 4 is 28.2 Å². The molecule has 0 radical (unpaired) electrons. The Bertz CT molecular complexity index is 1170. The van der Waals surface area contributed by atoms with E-state index >= 15 is 0 Å². The van der Waals surface area contributed by atoms with Crippen LogP contribution in [-0.2, 0) is 0 Å². The Balaban J connectivity index is 1.81. The van der Waals surface area contributed by atoms with Crippen LogP contribution < -0.4 is 10.3 Å². The van der Waals surface area contributed by atoms with E-state index in [0.29, 0.717) is 22.3 Å². The number of fused-ring (bicyclic) bond motifs is 3. The molecule has 7 nitrogen and oxygen atoms in total. The van der Waals surface area contributed by atoms with Crippen molar-refractivity contribution in [3.63, 3.8) is 0 Å². The fourth-order valence-corrected chi connectivity index (χ4v) is 2.67. The van der Waals surface area contributed by atoms with Gasteiger partial charge in [0.15, 0.2) is 0 Å². The summed E-state index contributed by atoms with van der Waals surface area (Å²) in [5, 5.41) is 14.9. The van der Waals surface area contributed by atoms with Gasteiger partial charge in [0.05, 0.1) is 13.3 Å². The molecule has 2 aromatic heterocycles. The highest BCUT2D eigenvalue weighted by atomic mass is 16.5. The first-order valence-corrected chi connectivity index (χ1v) is 7.57. The van der Waals surface area contributed by atoms with Gasteiger partial charge in [0.2, 0.25) is 0 Å². The third-order valence-electron chi connectivity index (χ3n) is 3.95. The molecule has 4 rings (SSSR count). The van der Waals surface area contributed by atoms with Gasteiger partial charge in [-0.05, 0) is 24.3 Å². The maximum Gasteiger partial charge on any atom is 0.298 e. The van der Waals surface area contributed by atoms with E-state index in [1.54, 1.807) is 12.1 Å². The Morgan fingerprint density at radius 2 is 2.12 bits per heavy atom. The molecule has 2 aromatic carbocycles. The Morgan fingerprint density at radius 3 is 2.96 bits per heavy atom. The number of para-hydroxylation sites is 1. The van der Waals surface area contributed by atoms with Crippen LogP contribution in [0.15, 0.2) is 58.7 Å². The number of ether oxygens (including phenoxy) is 1. The number of phenolic OH excluding ortho intramolecular Hbond substituents is 1. The molecule has 25 heavy (non-hydrogen) atoms. The lowest BCUT2D eigenvalue weighted by atomic mass is 10.2. The number of H-pyrrole nitrogens is 1. The first-order chi connectivity index (χ1) is 12.2. The zero-order valence-corrected chi connectivity index (χ0v) is 13.3. The van der Waals surface area contributed by atoms with Gasteiger partial charge in [-0.2, -0.15) is 9.78 Å². The number of nitrogens with one attached hydrogen (secondary N) is 1. The summed E-state index contributed by atoms with van der Waals surface area (Å²) in [6.07, 6.45) is 2.74. The summed E-state index contributed by atoms with van der Waals surface area (Å²) >= 11 is 0. The molecule has 0 fully saturated rings. The van der Waals surface area contributed by atoms with E-state index in [9.17, 15) is 9.90 Å². The normalized spacial score (nSPS) is 11.6. The molecule has 0 saturated carbocycles. The summed E-state index contributed by atoms with van der Waals surface area (Å²) in [5.41, 5.74) is 1.95. The van der Waals surface area contributed by atoms with E-state index < -0.39 is 0 Å². The van der Waals surface area contributed by atoms with Crippen molar-refractivity contribution < 1.29 is 9.84 Å². The van der Waals surface area contributed by atoms with E-state index in [1.165, 1.54) is 25.7 Å². The first kappa shape index (κ1) is 14.9. The highest BCUT2D eigenvalue weighted by Crippen LogP contribution is 2.22. The van der Waals surface area contributed by atoms with Gasteiger partial charge < -0.3 is 14.8 Å². The number of hydrogen-bond donors (Lipinski definition) is 2. The topological polar surface area (TPSA) is 92.5 Å².